The largest absolute Gasteiger partial charge is 0.441 e. The second kappa shape index (κ2) is 4.99. The highest BCUT2D eigenvalue weighted by Crippen LogP contribution is 2.47. The van der Waals surface area contributed by atoms with Gasteiger partial charge in [-0.25, -0.2) is 4.98 Å². The number of anilines is 1. The molecule has 1 N–H and O–H groups in total. The summed E-state index contributed by atoms with van der Waals surface area (Å²) in [6.45, 7) is 3.83. The number of rotatable bonds is 2. The number of carbonyl (C=O) groups is 2. The predicted molar refractivity (Wildman–Crippen MR) is 88.1 cm³/mol. The van der Waals surface area contributed by atoms with Gasteiger partial charge in [0.2, 0.25) is 11.8 Å². The van der Waals surface area contributed by atoms with Crippen LogP contribution in [0, 0.1) is 6.92 Å². The van der Waals surface area contributed by atoms with E-state index in [2.05, 4.69) is 10.3 Å². The Morgan fingerprint density at radius 3 is 3.17 bits per heavy atom. The maximum Gasteiger partial charge on any atom is 0.248 e. The molecule has 7 heteroatoms. The highest BCUT2D eigenvalue weighted by molar-refractivity contribution is 8.01. The van der Waals surface area contributed by atoms with Crippen molar-refractivity contribution in [3.05, 3.63) is 24.1 Å². The third-order valence-corrected chi connectivity index (χ3v) is 6.01. The Bertz CT molecular complexity index is 818. The fourth-order valence-corrected chi connectivity index (χ4v) is 4.79. The molecule has 2 aliphatic heterocycles. The lowest BCUT2D eigenvalue weighted by molar-refractivity contribution is -0.135. The third-order valence-electron chi connectivity index (χ3n) is 4.51. The Kier molecular flexibility index (Phi) is 3.16. The first kappa shape index (κ1) is 14.6. The summed E-state index contributed by atoms with van der Waals surface area (Å²) in [7, 11) is 0. The molecule has 4 rings (SSSR count). The third kappa shape index (κ3) is 2.30. The standard InChI is InChI=1S/C16H17N3O3S/c1-9-17-11-7-10(3-4-13(11)22-9)18-15(21)12-8-23-16(2)6-5-14(20)19(12)16/h3-4,7,12H,5-6,8H2,1-2H3,(H,18,21). The van der Waals surface area contributed by atoms with Crippen molar-refractivity contribution in [1.29, 1.82) is 0 Å². The number of hydrogen-bond donors (Lipinski definition) is 1. The zero-order valence-corrected chi connectivity index (χ0v) is 13.8. The van der Waals surface area contributed by atoms with Crippen LogP contribution in [0.3, 0.4) is 0 Å². The minimum absolute atomic E-state index is 0.0697. The average Bonchev–Trinajstić information content (AvgIpc) is 3.12. The summed E-state index contributed by atoms with van der Waals surface area (Å²) in [6.07, 6.45) is 1.34. The van der Waals surface area contributed by atoms with E-state index in [4.69, 9.17) is 4.42 Å². The molecule has 1 aromatic heterocycles. The van der Waals surface area contributed by atoms with E-state index in [1.165, 1.54) is 0 Å². The van der Waals surface area contributed by atoms with Gasteiger partial charge in [-0.05, 0) is 31.5 Å². The Balaban J connectivity index is 1.56. The molecule has 0 radical (unpaired) electrons. The molecule has 1 aromatic carbocycles. The molecule has 120 valence electrons. The lowest BCUT2D eigenvalue weighted by atomic mass is 10.2. The molecule has 0 bridgehead atoms. The maximum absolute atomic E-state index is 12.6. The van der Waals surface area contributed by atoms with Crippen molar-refractivity contribution >= 4 is 40.4 Å². The number of aromatic nitrogens is 1. The van der Waals surface area contributed by atoms with E-state index in [0.717, 1.165) is 6.42 Å². The summed E-state index contributed by atoms with van der Waals surface area (Å²) >= 11 is 1.69. The minimum atomic E-state index is -0.408. The summed E-state index contributed by atoms with van der Waals surface area (Å²) in [5, 5.41) is 2.91. The topological polar surface area (TPSA) is 75.4 Å². The number of fused-ring (bicyclic) bond motifs is 2. The van der Waals surface area contributed by atoms with Gasteiger partial charge in [0.05, 0.1) is 4.87 Å². The number of aryl methyl sites for hydroxylation is 1. The van der Waals surface area contributed by atoms with Crippen LogP contribution in [-0.2, 0) is 9.59 Å². The summed E-state index contributed by atoms with van der Waals surface area (Å²) in [5.41, 5.74) is 2.07. The molecule has 2 amide bonds. The Morgan fingerprint density at radius 2 is 2.35 bits per heavy atom. The molecule has 2 saturated heterocycles. The van der Waals surface area contributed by atoms with Crippen LogP contribution < -0.4 is 5.32 Å². The van der Waals surface area contributed by atoms with Gasteiger partial charge in [0.25, 0.3) is 0 Å². The molecule has 2 aliphatic rings. The van der Waals surface area contributed by atoms with E-state index in [-0.39, 0.29) is 16.7 Å². The molecule has 2 fully saturated rings. The van der Waals surface area contributed by atoms with Crippen LogP contribution in [0.4, 0.5) is 5.69 Å². The Morgan fingerprint density at radius 1 is 1.52 bits per heavy atom. The van der Waals surface area contributed by atoms with E-state index in [1.54, 1.807) is 41.8 Å². The summed E-state index contributed by atoms with van der Waals surface area (Å²) in [5.74, 6) is 1.16. The molecule has 0 aliphatic carbocycles. The SMILES string of the molecule is Cc1nc2cc(NC(=O)C3CSC4(C)CCC(=O)N34)ccc2o1. The van der Waals surface area contributed by atoms with Gasteiger partial charge in [-0.3, -0.25) is 9.59 Å². The van der Waals surface area contributed by atoms with E-state index in [9.17, 15) is 9.59 Å². The van der Waals surface area contributed by atoms with E-state index < -0.39 is 6.04 Å². The van der Waals surface area contributed by atoms with Gasteiger partial charge in [0, 0.05) is 24.8 Å². The van der Waals surface area contributed by atoms with Gasteiger partial charge in [-0.2, -0.15) is 0 Å². The van der Waals surface area contributed by atoms with Crippen LogP contribution in [-0.4, -0.2) is 38.4 Å². The number of hydrogen-bond acceptors (Lipinski definition) is 5. The zero-order valence-electron chi connectivity index (χ0n) is 13.0. The molecule has 6 nitrogen and oxygen atoms in total. The van der Waals surface area contributed by atoms with Gasteiger partial charge in [0.15, 0.2) is 11.5 Å². The molecule has 2 aromatic rings. The van der Waals surface area contributed by atoms with Crippen molar-refractivity contribution in [2.45, 2.75) is 37.6 Å². The van der Waals surface area contributed by atoms with Crippen LogP contribution in [0.2, 0.25) is 0 Å². The molecule has 2 unspecified atom stereocenters. The quantitative estimate of drug-likeness (QED) is 0.915. The average molecular weight is 331 g/mol. The normalized spacial score (nSPS) is 26.8. The Labute approximate surface area is 137 Å². The van der Waals surface area contributed by atoms with Crippen molar-refractivity contribution in [2.24, 2.45) is 0 Å². The second-order valence-corrected chi connectivity index (χ2v) is 7.67. The lowest BCUT2D eigenvalue weighted by Gasteiger charge is -2.29. The number of nitrogens with zero attached hydrogens (tertiary/aromatic N) is 2. The number of nitrogens with one attached hydrogen (secondary N) is 1. The van der Waals surface area contributed by atoms with Crippen molar-refractivity contribution in [2.75, 3.05) is 11.1 Å². The predicted octanol–water partition coefficient (Wildman–Crippen LogP) is 2.53. The molecule has 3 heterocycles. The molecule has 2 atom stereocenters. The zero-order chi connectivity index (χ0) is 16.2. The second-order valence-electron chi connectivity index (χ2n) is 6.17. The highest BCUT2D eigenvalue weighted by atomic mass is 32.2. The van der Waals surface area contributed by atoms with Crippen molar-refractivity contribution in [3.8, 4) is 0 Å². The molecule has 23 heavy (non-hydrogen) atoms. The lowest BCUT2D eigenvalue weighted by Crippen LogP contribution is -2.48. The first-order valence-electron chi connectivity index (χ1n) is 7.60. The molecule has 0 saturated carbocycles. The fraction of sp³-hybridized carbons (Fsp3) is 0.438. The summed E-state index contributed by atoms with van der Waals surface area (Å²) < 4.78 is 5.43. The van der Waals surface area contributed by atoms with E-state index >= 15 is 0 Å². The fourth-order valence-electron chi connectivity index (χ4n) is 3.36. The van der Waals surface area contributed by atoms with Crippen molar-refractivity contribution < 1.29 is 14.0 Å². The van der Waals surface area contributed by atoms with Gasteiger partial charge >= 0.3 is 0 Å². The van der Waals surface area contributed by atoms with Gasteiger partial charge in [-0.1, -0.05) is 0 Å². The van der Waals surface area contributed by atoms with Crippen LogP contribution >= 0.6 is 11.8 Å². The summed E-state index contributed by atoms with van der Waals surface area (Å²) in [4.78, 5) is 30.5. The number of benzene rings is 1. The molecular formula is C16H17N3O3S. The van der Waals surface area contributed by atoms with Gasteiger partial charge in [-0.15, -0.1) is 11.8 Å². The molecule has 0 spiro atoms. The van der Waals surface area contributed by atoms with Crippen LogP contribution in [0.15, 0.2) is 22.6 Å². The summed E-state index contributed by atoms with van der Waals surface area (Å²) in [6, 6.07) is 4.96. The van der Waals surface area contributed by atoms with Crippen LogP contribution in [0.25, 0.3) is 11.1 Å². The number of carbonyl (C=O) groups excluding carboxylic acids is 2. The van der Waals surface area contributed by atoms with Gasteiger partial charge < -0.3 is 14.6 Å². The number of amides is 2. The smallest absolute Gasteiger partial charge is 0.248 e. The first-order valence-corrected chi connectivity index (χ1v) is 8.59. The van der Waals surface area contributed by atoms with Crippen molar-refractivity contribution in [3.63, 3.8) is 0 Å². The number of thioether (sulfide) groups is 1. The molecular weight excluding hydrogens is 314 g/mol. The first-order chi connectivity index (χ1) is 11.0. The van der Waals surface area contributed by atoms with Crippen LogP contribution in [0.1, 0.15) is 25.7 Å². The highest BCUT2D eigenvalue weighted by Gasteiger charge is 2.52. The van der Waals surface area contributed by atoms with Crippen molar-refractivity contribution in [1.82, 2.24) is 9.88 Å². The monoisotopic (exact) mass is 331 g/mol. The maximum atomic E-state index is 12.6. The van der Waals surface area contributed by atoms with E-state index in [0.29, 0.717) is 34.9 Å². The van der Waals surface area contributed by atoms with Crippen LogP contribution in [0.5, 0.6) is 0 Å². The Hall–Kier alpha value is -2.02. The number of oxazole rings is 1. The van der Waals surface area contributed by atoms with Gasteiger partial charge in [0.1, 0.15) is 11.6 Å². The van der Waals surface area contributed by atoms with E-state index in [1.807, 2.05) is 6.92 Å². The minimum Gasteiger partial charge on any atom is -0.441 e.